The maximum Gasteiger partial charge on any atom is 0.0890 e. The smallest absolute Gasteiger partial charge is 0.0890 e. The molecule has 106 valence electrons. The van der Waals surface area contributed by atoms with Gasteiger partial charge in [0.05, 0.1) is 12.2 Å². The monoisotopic (exact) mass is 277 g/mol. The van der Waals surface area contributed by atoms with Gasteiger partial charge in [0.25, 0.3) is 0 Å². The zero-order valence-corrected chi connectivity index (χ0v) is 12.1. The van der Waals surface area contributed by atoms with E-state index in [-0.39, 0.29) is 6.04 Å². The van der Waals surface area contributed by atoms with Crippen LogP contribution in [0.1, 0.15) is 17.2 Å². The van der Waals surface area contributed by atoms with Crippen LogP contribution < -0.4 is 5.73 Å². The average molecular weight is 277 g/mol. The fraction of sp³-hybridized carbons (Fsp3) is 0.167. The molecule has 1 unspecified atom stereocenters. The van der Waals surface area contributed by atoms with Crippen LogP contribution in [0.25, 0.3) is 11.1 Å². The van der Waals surface area contributed by atoms with Crippen LogP contribution in [0.5, 0.6) is 0 Å². The quantitative estimate of drug-likeness (QED) is 0.794. The van der Waals surface area contributed by atoms with Crippen molar-refractivity contribution in [3.63, 3.8) is 0 Å². The lowest BCUT2D eigenvalue weighted by Crippen LogP contribution is -2.20. The number of hydrogen-bond acceptors (Lipinski definition) is 2. The molecule has 1 aromatic heterocycles. The van der Waals surface area contributed by atoms with E-state index in [2.05, 4.69) is 54.6 Å². The zero-order chi connectivity index (χ0) is 14.7. The van der Waals surface area contributed by atoms with Crippen LogP contribution in [0.4, 0.5) is 0 Å². The Morgan fingerprint density at radius 1 is 1.00 bits per heavy atom. The topological polar surface area (TPSA) is 43.8 Å². The molecule has 0 fully saturated rings. The summed E-state index contributed by atoms with van der Waals surface area (Å²) in [5.41, 5.74) is 10.7. The number of nitrogens with two attached hydrogens (primary N) is 1. The Labute approximate surface area is 125 Å². The maximum absolute atomic E-state index is 5.96. The molecule has 0 bridgehead atoms. The molecule has 3 nitrogen and oxygen atoms in total. The van der Waals surface area contributed by atoms with Gasteiger partial charge in [-0.2, -0.15) is 5.10 Å². The third-order valence-electron chi connectivity index (χ3n) is 3.71. The molecule has 0 spiro atoms. The van der Waals surface area contributed by atoms with Gasteiger partial charge in [-0.05, 0) is 18.1 Å². The Balaban J connectivity index is 1.92. The summed E-state index contributed by atoms with van der Waals surface area (Å²) in [5.74, 6) is 0. The molecule has 0 aliphatic rings. The Kier molecular flexibility index (Phi) is 3.84. The molecule has 3 rings (SSSR count). The molecule has 1 atom stereocenters. The van der Waals surface area contributed by atoms with Gasteiger partial charge in [-0.3, -0.25) is 4.68 Å². The summed E-state index contributed by atoms with van der Waals surface area (Å²) < 4.78 is 1.95. The van der Waals surface area contributed by atoms with E-state index in [4.69, 9.17) is 5.73 Å². The number of hydrogen-bond donors (Lipinski definition) is 1. The highest BCUT2D eigenvalue weighted by molar-refractivity contribution is 5.61. The SMILES string of the molecule is Cc1ccc(C(CN)n2cc(-c3ccccc3)cn2)cc1. The molecular formula is C18H19N3. The van der Waals surface area contributed by atoms with Gasteiger partial charge in [0, 0.05) is 18.3 Å². The first-order valence-electron chi connectivity index (χ1n) is 7.14. The lowest BCUT2D eigenvalue weighted by Gasteiger charge is -2.16. The molecular weight excluding hydrogens is 258 g/mol. The molecule has 21 heavy (non-hydrogen) atoms. The minimum atomic E-state index is 0.0723. The molecule has 0 saturated heterocycles. The maximum atomic E-state index is 5.96. The number of aromatic nitrogens is 2. The zero-order valence-electron chi connectivity index (χ0n) is 12.1. The predicted molar refractivity (Wildman–Crippen MR) is 86.0 cm³/mol. The van der Waals surface area contributed by atoms with Crippen molar-refractivity contribution >= 4 is 0 Å². The number of aryl methyl sites for hydroxylation is 1. The molecule has 0 radical (unpaired) electrons. The van der Waals surface area contributed by atoms with Gasteiger partial charge >= 0.3 is 0 Å². The standard InChI is InChI=1S/C18H19N3/c1-14-7-9-16(10-8-14)18(11-19)21-13-17(12-20-21)15-5-3-2-4-6-15/h2-10,12-13,18H,11,19H2,1H3. The summed E-state index contributed by atoms with van der Waals surface area (Å²) in [4.78, 5) is 0. The number of rotatable bonds is 4. The van der Waals surface area contributed by atoms with E-state index in [1.54, 1.807) is 0 Å². The van der Waals surface area contributed by atoms with E-state index in [0.29, 0.717) is 6.54 Å². The highest BCUT2D eigenvalue weighted by atomic mass is 15.3. The van der Waals surface area contributed by atoms with Crippen molar-refractivity contribution in [3.05, 3.63) is 78.1 Å². The fourth-order valence-electron chi connectivity index (χ4n) is 2.47. The minimum Gasteiger partial charge on any atom is -0.328 e. The lowest BCUT2D eigenvalue weighted by atomic mass is 10.1. The van der Waals surface area contributed by atoms with Crippen molar-refractivity contribution in [1.82, 2.24) is 9.78 Å². The molecule has 0 amide bonds. The summed E-state index contributed by atoms with van der Waals surface area (Å²) in [5, 5.41) is 4.50. The third kappa shape index (κ3) is 2.88. The van der Waals surface area contributed by atoms with E-state index in [9.17, 15) is 0 Å². The van der Waals surface area contributed by atoms with Gasteiger partial charge in [0.15, 0.2) is 0 Å². The summed E-state index contributed by atoms with van der Waals surface area (Å²) in [7, 11) is 0. The van der Waals surface area contributed by atoms with E-state index in [1.165, 1.54) is 16.7 Å². The number of nitrogens with zero attached hydrogens (tertiary/aromatic N) is 2. The Bertz CT molecular complexity index is 699. The third-order valence-corrected chi connectivity index (χ3v) is 3.71. The van der Waals surface area contributed by atoms with Gasteiger partial charge in [-0.25, -0.2) is 0 Å². The first-order valence-corrected chi connectivity index (χ1v) is 7.14. The van der Waals surface area contributed by atoms with Crippen molar-refractivity contribution in [1.29, 1.82) is 0 Å². The van der Waals surface area contributed by atoms with Crippen LogP contribution in [0.15, 0.2) is 67.0 Å². The predicted octanol–water partition coefficient (Wildman–Crippen LogP) is 3.41. The summed E-state index contributed by atoms with van der Waals surface area (Å²) in [6.07, 6.45) is 3.96. The lowest BCUT2D eigenvalue weighted by molar-refractivity contribution is 0.532. The van der Waals surface area contributed by atoms with Crippen molar-refractivity contribution in [3.8, 4) is 11.1 Å². The van der Waals surface area contributed by atoms with Crippen LogP contribution in [0.2, 0.25) is 0 Å². The van der Waals surface area contributed by atoms with Crippen LogP contribution in [0, 0.1) is 6.92 Å². The normalized spacial score (nSPS) is 12.3. The Morgan fingerprint density at radius 3 is 2.38 bits per heavy atom. The highest BCUT2D eigenvalue weighted by Gasteiger charge is 2.13. The van der Waals surface area contributed by atoms with Crippen molar-refractivity contribution < 1.29 is 0 Å². The molecule has 2 N–H and O–H groups in total. The van der Waals surface area contributed by atoms with Gasteiger partial charge in [-0.1, -0.05) is 60.2 Å². The minimum absolute atomic E-state index is 0.0723. The Hall–Kier alpha value is -2.39. The first-order chi connectivity index (χ1) is 10.3. The van der Waals surface area contributed by atoms with E-state index in [1.807, 2.05) is 29.1 Å². The summed E-state index contributed by atoms with van der Waals surface area (Å²) >= 11 is 0. The van der Waals surface area contributed by atoms with Crippen LogP contribution in [0.3, 0.4) is 0 Å². The van der Waals surface area contributed by atoms with Gasteiger partial charge in [-0.15, -0.1) is 0 Å². The number of benzene rings is 2. The van der Waals surface area contributed by atoms with Gasteiger partial charge in [0.1, 0.15) is 0 Å². The second-order valence-corrected chi connectivity index (χ2v) is 5.24. The highest BCUT2D eigenvalue weighted by Crippen LogP contribution is 2.22. The average Bonchev–Trinajstić information content (AvgIpc) is 3.00. The molecule has 3 aromatic rings. The first kappa shape index (κ1) is 13.6. The van der Waals surface area contributed by atoms with E-state index in [0.717, 1.165) is 5.56 Å². The Morgan fingerprint density at radius 2 is 1.71 bits per heavy atom. The van der Waals surface area contributed by atoms with Crippen molar-refractivity contribution in [2.24, 2.45) is 5.73 Å². The van der Waals surface area contributed by atoms with Crippen molar-refractivity contribution in [2.75, 3.05) is 6.54 Å². The van der Waals surface area contributed by atoms with Gasteiger partial charge < -0.3 is 5.73 Å². The second kappa shape index (κ2) is 5.94. The van der Waals surface area contributed by atoms with Crippen LogP contribution in [-0.4, -0.2) is 16.3 Å². The molecule has 0 saturated carbocycles. The molecule has 0 aliphatic carbocycles. The molecule has 1 heterocycles. The summed E-state index contributed by atoms with van der Waals surface area (Å²) in [6, 6.07) is 18.8. The van der Waals surface area contributed by atoms with E-state index >= 15 is 0 Å². The molecule has 3 heteroatoms. The van der Waals surface area contributed by atoms with Crippen molar-refractivity contribution in [2.45, 2.75) is 13.0 Å². The second-order valence-electron chi connectivity index (χ2n) is 5.24. The molecule has 2 aromatic carbocycles. The largest absolute Gasteiger partial charge is 0.328 e. The van der Waals surface area contributed by atoms with E-state index < -0.39 is 0 Å². The van der Waals surface area contributed by atoms with Gasteiger partial charge in [0.2, 0.25) is 0 Å². The van der Waals surface area contributed by atoms with Crippen LogP contribution >= 0.6 is 0 Å². The van der Waals surface area contributed by atoms with Crippen LogP contribution in [-0.2, 0) is 0 Å². The fourth-order valence-corrected chi connectivity index (χ4v) is 2.47. The molecule has 0 aliphatic heterocycles. The summed E-state index contributed by atoms with van der Waals surface area (Å²) in [6.45, 7) is 2.61.